The first-order valence-corrected chi connectivity index (χ1v) is 11.3. The molecule has 0 saturated carbocycles. The second-order valence-electron chi connectivity index (χ2n) is 9.27. The SMILES string of the molecule is COC(=O)[C@H](CC(C)C)N(C)[C@@H](c1ccc2c(c1)oc1ccc(-c3cn(C)cn3)cc12)C(F)(F)F. The van der Waals surface area contributed by atoms with E-state index < -0.39 is 24.2 Å². The number of esters is 1. The van der Waals surface area contributed by atoms with Gasteiger partial charge < -0.3 is 13.7 Å². The molecule has 0 unspecified atom stereocenters. The largest absolute Gasteiger partial charge is 0.468 e. The molecule has 2 aromatic heterocycles. The highest BCUT2D eigenvalue weighted by Gasteiger charge is 2.47. The van der Waals surface area contributed by atoms with E-state index in [2.05, 4.69) is 4.98 Å². The number of rotatable bonds is 7. The first-order chi connectivity index (χ1) is 16.5. The van der Waals surface area contributed by atoms with Crippen molar-refractivity contribution < 1.29 is 27.1 Å². The molecule has 0 radical (unpaired) electrons. The van der Waals surface area contributed by atoms with Gasteiger partial charge in [0, 0.05) is 29.6 Å². The maximum Gasteiger partial charge on any atom is 0.408 e. The van der Waals surface area contributed by atoms with E-state index in [1.807, 2.05) is 43.8 Å². The summed E-state index contributed by atoms with van der Waals surface area (Å²) in [5, 5.41) is 1.50. The fraction of sp³-hybridized carbons (Fsp3) is 0.385. The molecule has 0 bridgehead atoms. The number of hydrogen-bond acceptors (Lipinski definition) is 5. The number of nitrogens with zero attached hydrogens (tertiary/aromatic N) is 3. The molecule has 2 atom stereocenters. The first kappa shape index (κ1) is 24.8. The number of imidazole rings is 1. The second kappa shape index (κ2) is 9.37. The number of carbonyl (C=O) groups is 1. The van der Waals surface area contributed by atoms with Crippen LogP contribution in [0.15, 0.2) is 53.3 Å². The molecule has 0 aliphatic rings. The highest BCUT2D eigenvalue weighted by molar-refractivity contribution is 6.06. The van der Waals surface area contributed by atoms with Crippen LogP contribution in [0.3, 0.4) is 0 Å². The lowest BCUT2D eigenvalue weighted by atomic mass is 9.97. The third-order valence-corrected chi connectivity index (χ3v) is 6.19. The zero-order valence-electron chi connectivity index (χ0n) is 20.3. The fourth-order valence-electron chi connectivity index (χ4n) is 4.53. The molecule has 0 saturated heterocycles. The molecule has 9 heteroatoms. The molecule has 35 heavy (non-hydrogen) atoms. The molecule has 2 heterocycles. The Balaban J connectivity index is 1.78. The van der Waals surface area contributed by atoms with Crippen LogP contribution in [-0.2, 0) is 16.6 Å². The number of hydrogen-bond donors (Lipinski definition) is 0. The van der Waals surface area contributed by atoms with E-state index in [1.54, 1.807) is 18.5 Å². The summed E-state index contributed by atoms with van der Waals surface area (Å²) in [4.78, 5) is 17.8. The maximum absolute atomic E-state index is 14.3. The van der Waals surface area contributed by atoms with Gasteiger partial charge in [-0.15, -0.1) is 0 Å². The number of benzene rings is 2. The van der Waals surface area contributed by atoms with E-state index in [4.69, 9.17) is 9.15 Å². The Morgan fingerprint density at radius 3 is 2.49 bits per heavy atom. The summed E-state index contributed by atoms with van der Waals surface area (Å²) in [6, 6.07) is 7.03. The minimum atomic E-state index is -4.62. The molecule has 0 amide bonds. The van der Waals surface area contributed by atoms with Crippen LogP contribution in [0.2, 0.25) is 0 Å². The maximum atomic E-state index is 14.3. The van der Waals surface area contributed by atoms with Gasteiger partial charge >= 0.3 is 12.1 Å². The lowest BCUT2D eigenvalue weighted by molar-refractivity contribution is -0.193. The fourth-order valence-corrected chi connectivity index (χ4v) is 4.53. The van der Waals surface area contributed by atoms with Gasteiger partial charge in [0.05, 0.1) is 19.1 Å². The van der Waals surface area contributed by atoms with E-state index in [1.165, 1.54) is 26.3 Å². The van der Waals surface area contributed by atoms with Crippen LogP contribution in [0.25, 0.3) is 33.2 Å². The minimum absolute atomic E-state index is 0.00147. The summed E-state index contributed by atoms with van der Waals surface area (Å²) in [6.07, 6.45) is -0.795. The predicted molar refractivity (Wildman–Crippen MR) is 128 cm³/mol. The van der Waals surface area contributed by atoms with Crippen molar-refractivity contribution in [1.29, 1.82) is 0 Å². The monoisotopic (exact) mass is 487 g/mol. The van der Waals surface area contributed by atoms with Crippen molar-refractivity contribution in [2.45, 2.75) is 38.5 Å². The molecule has 6 nitrogen and oxygen atoms in total. The van der Waals surface area contributed by atoms with Gasteiger partial charge in [0.1, 0.15) is 23.2 Å². The Morgan fingerprint density at radius 1 is 1.14 bits per heavy atom. The van der Waals surface area contributed by atoms with Gasteiger partial charge in [0.15, 0.2) is 0 Å². The molecule has 0 N–H and O–H groups in total. The number of alkyl halides is 3. The van der Waals surface area contributed by atoms with E-state index in [0.29, 0.717) is 16.6 Å². The molecule has 4 aromatic rings. The second-order valence-corrected chi connectivity index (χ2v) is 9.27. The van der Waals surface area contributed by atoms with Crippen LogP contribution in [0.4, 0.5) is 13.2 Å². The van der Waals surface area contributed by atoms with E-state index in [9.17, 15) is 18.0 Å². The number of furan rings is 1. The Labute approximate surface area is 201 Å². The van der Waals surface area contributed by atoms with Crippen LogP contribution < -0.4 is 0 Å². The molecular weight excluding hydrogens is 459 g/mol. The van der Waals surface area contributed by atoms with Gasteiger partial charge in [-0.1, -0.05) is 26.0 Å². The standard InChI is InChI=1S/C26H28F3N3O3/c1-15(2)10-21(25(33)34-5)32(4)24(26(27,28)29)17-6-8-18-19-11-16(20-13-31(3)14-30-20)7-9-22(19)35-23(18)12-17/h6-9,11-15,21,24H,10H2,1-5H3/t21-,24-/m0/s1. The zero-order chi connectivity index (χ0) is 25.5. The van der Waals surface area contributed by atoms with Gasteiger partial charge in [-0.05, 0) is 49.2 Å². The summed E-state index contributed by atoms with van der Waals surface area (Å²) >= 11 is 0. The van der Waals surface area contributed by atoms with Crippen molar-refractivity contribution in [3.63, 3.8) is 0 Å². The van der Waals surface area contributed by atoms with Crippen molar-refractivity contribution in [2.75, 3.05) is 14.2 Å². The average molecular weight is 488 g/mol. The number of fused-ring (bicyclic) bond motifs is 3. The lowest BCUT2D eigenvalue weighted by Gasteiger charge is -2.35. The van der Waals surface area contributed by atoms with Crippen LogP contribution in [0.5, 0.6) is 0 Å². The predicted octanol–water partition coefficient (Wildman–Crippen LogP) is 6.11. The van der Waals surface area contributed by atoms with Crippen LogP contribution in [0, 0.1) is 5.92 Å². The van der Waals surface area contributed by atoms with Gasteiger partial charge in [0.25, 0.3) is 0 Å². The molecular formula is C26H28F3N3O3. The summed E-state index contributed by atoms with van der Waals surface area (Å²) in [6.45, 7) is 3.71. The summed E-state index contributed by atoms with van der Waals surface area (Å²) < 4.78 is 55.6. The van der Waals surface area contributed by atoms with Crippen molar-refractivity contribution in [2.24, 2.45) is 13.0 Å². The molecule has 0 aliphatic carbocycles. The number of aromatic nitrogens is 2. The Bertz CT molecular complexity index is 1360. The molecule has 0 spiro atoms. The summed E-state index contributed by atoms with van der Waals surface area (Å²) in [5.41, 5.74) is 2.58. The number of methoxy groups -OCH3 is 1. The van der Waals surface area contributed by atoms with Crippen LogP contribution in [-0.4, -0.2) is 46.8 Å². The molecule has 186 valence electrons. The highest BCUT2D eigenvalue weighted by atomic mass is 19.4. The summed E-state index contributed by atoms with van der Waals surface area (Å²) in [5.74, 6) is -0.691. The Hall–Kier alpha value is -3.33. The van der Waals surface area contributed by atoms with E-state index >= 15 is 0 Å². The third-order valence-electron chi connectivity index (χ3n) is 6.19. The van der Waals surface area contributed by atoms with E-state index in [-0.39, 0.29) is 17.9 Å². The highest BCUT2D eigenvalue weighted by Crippen LogP contribution is 2.41. The van der Waals surface area contributed by atoms with Crippen LogP contribution >= 0.6 is 0 Å². The van der Waals surface area contributed by atoms with Crippen LogP contribution in [0.1, 0.15) is 31.9 Å². The Morgan fingerprint density at radius 2 is 1.89 bits per heavy atom. The van der Waals surface area contributed by atoms with Crippen molar-refractivity contribution in [1.82, 2.24) is 14.5 Å². The first-order valence-electron chi connectivity index (χ1n) is 11.3. The number of carbonyl (C=O) groups excluding carboxylic acids is 1. The van der Waals surface area contributed by atoms with Gasteiger partial charge in [0.2, 0.25) is 0 Å². The Kier molecular flexibility index (Phi) is 6.64. The molecule has 2 aromatic carbocycles. The number of ether oxygens (including phenoxy) is 1. The number of aryl methyl sites for hydroxylation is 1. The molecule has 0 aliphatic heterocycles. The van der Waals surface area contributed by atoms with Gasteiger partial charge in [-0.2, -0.15) is 13.2 Å². The van der Waals surface area contributed by atoms with E-state index in [0.717, 1.165) is 21.5 Å². The van der Waals surface area contributed by atoms with Gasteiger partial charge in [-0.3, -0.25) is 9.69 Å². The molecule has 4 rings (SSSR count). The molecule has 0 fully saturated rings. The van der Waals surface area contributed by atoms with Crippen molar-refractivity contribution >= 4 is 27.9 Å². The van der Waals surface area contributed by atoms with Crippen molar-refractivity contribution in [3.8, 4) is 11.3 Å². The smallest absolute Gasteiger partial charge is 0.408 e. The third kappa shape index (κ3) is 4.91. The average Bonchev–Trinajstić information content (AvgIpc) is 3.38. The van der Waals surface area contributed by atoms with Gasteiger partial charge in [-0.25, -0.2) is 4.98 Å². The number of likely N-dealkylation sites (N-methyl/N-ethyl adjacent to an activating group) is 1. The quantitative estimate of drug-likeness (QED) is 0.295. The normalized spacial score (nSPS) is 14.2. The topological polar surface area (TPSA) is 60.5 Å². The minimum Gasteiger partial charge on any atom is -0.468 e. The number of halogens is 3. The summed E-state index contributed by atoms with van der Waals surface area (Å²) in [7, 11) is 4.37. The van der Waals surface area contributed by atoms with Crippen molar-refractivity contribution in [3.05, 3.63) is 54.5 Å². The lowest BCUT2D eigenvalue weighted by Crippen LogP contribution is -2.47. The zero-order valence-corrected chi connectivity index (χ0v) is 20.3.